The van der Waals surface area contributed by atoms with Gasteiger partial charge in [0.25, 0.3) is 0 Å². The van der Waals surface area contributed by atoms with E-state index in [0.717, 1.165) is 44.9 Å². The van der Waals surface area contributed by atoms with Crippen LogP contribution in [0.5, 0.6) is 0 Å². The van der Waals surface area contributed by atoms with Crippen LogP contribution in [0.25, 0.3) is 0 Å². The molecule has 0 saturated heterocycles. The van der Waals surface area contributed by atoms with Crippen LogP contribution < -0.4 is 11.1 Å². The average Bonchev–Trinajstić information content (AvgIpc) is 2.50. The lowest BCUT2D eigenvalue weighted by atomic mass is 9.94. The Morgan fingerprint density at radius 3 is 2.67 bits per heavy atom. The van der Waals surface area contributed by atoms with Crippen LogP contribution in [0.1, 0.15) is 64.7 Å². The number of nitrogens with one attached hydrogen (secondary N) is 1. The van der Waals surface area contributed by atoms with Crippen molar-refractivity contribution in [1.82, 2.24) is 10.2 Å². The summed E-state index contributed by atoms with van der Waals surface area (Å²) >= 11 is 0. The van der Waals surface area contributed by atoms with E-state index >= 15 is 0 Å². The van der Waals surface area contributed by atoms with Gasteiger partial charge in [0, 0.05) is 19.0 Å². The van der Waals surface area contributed by atoms with Crippen molar-refractivity contribution in [3.8, 4) is 0 Å². The fourth-order valence-corrected chi connectivity index (χ4v) is 3.16. The van der Waals surface area contributed by atoms with E-state index in [1.54, 1.807) is 0 Å². The summed E-state index contributed by atoms with van der Waals surface area (Å²) < 4.78 is 0. The summed E-state index contributed by atoms with van der Waals surface area (Å²) in [7, 11) is 2.23. The molecular formula is C17H35N3O. The van der Waals surface area contributed by atoms with Gasteiger partial charge in [0.2, 0.25) is 5.91 Å². The van der Waals surface area contributed by atoms with E-state index in [2.05, 4.69) is 24.2 Å². The van der Waals surface area contributed by atoms with Crippen LogP contribution in [-0.2, 0) is 4.79 Å². The zero-order valence-corrected chi connectivity index (χ0v) is 14.1. The van der Waals surface area contributed by atoms with Crippen molar-refractivity contribution in [3.05, 3.63) is 0 Å². The van der Waals surface area contributed by atoms with E-state index < -0.39 is 0 Å². The fraction of sp³-hybridized carbons (Fsp3) is 0.941. The molecule has 1 aliphatic carbocycles. The predicted molar refractivity (Wildman–Crippen MR) is 89.2 cm³/mol. The Morgan fingerprint density at radius 2 is 2.00 bits per heavy atom. The van der Waals surface area contributed by atoms with Gasteiger partial charge in [0.05, 0.1) is 0 Å². The SMILES string of the molecule is CC(CCN)CCC(=O)NCCCN(C)C1CCCCC1. The summed E-state index contributed by atoms with van der Waals surface area (Å²) in [5.41, 5.74) is 5.52. The molecule has 1 fully saturated rings. The van der Waals surface area contributed by atoms with E-state index in [-0.39, 0.29) is 5.91 Å². The quantitative estimate of drug-likeness (QED) is 0.609. The molecule has 0 aromatic rings. The van der Waals surface area contributed by atoms with Crippen LogP contribution in [0.2, 0.25) is 0 Å². The highest BCUT2D eigenvalue weighted by Gasteiger charge is 2.17. The molecule has 0 aromatic carbocycles. The van der Waals surface area contributed by atoms with Gasteiger partial charge in [0.1, 0.15) is 0 Å². The smallest absolute Gasteiger partial charge is 0.220 e. The van der Waals surface area contributed by atoms with Gasteiger partial charge in [-0.3, -0.25) is 4.79 Å². The molecule has 0 aliphatic heterocycles. The number of hydrogen-bond acceptors (Lipinski definition) is 3. The van der Waals surface area contributed by atoms with Crippen molar-refractivity contribution >= 4 is 5.91 Å². The molecule has 1 atom stereocenters. The number of nitrogens with two attached hydrogens (primary N) is 1. The summed E-state index contributed by atoms with van der Waals surface area (Å²) in [5.74, 6) is 0.748. The Labute approximate surface area is 130 Å². The van der Waals surface area contributed by atoms with Crippen molar-refractivity contribution in [2.24, 2.45) is 11.7 Å². The van der Waals surface area contributed by atoms with Gasteiger partial charge in [-0.05, 0) is 58.2 Å². The molecule has 4 heteroatoms. The Kier molecular flexibility index (Phi) is 9.68. The van der Waals surface area contributed by atoms with E-state index in [1.165, 1.54) is 32.1 Å². The molecule has 124 valence electrons. The van der Waals surface area contributed by atoms with Crippen LogP contribution in [0.4, 0.5) is 0 Å². The first-order chi connectivity index (χ1) is 10.1. The first-order valence-corrected chi connectivity index (χ1v) is 8.80. The molecule has 0 radical (unpaired) electrons. The normalized spacial score (nSPS) is 17.9. The van der Waals surface area contributed by atoms with Crippen LogP contribution >= 0.6 is 0 Å². The molecule has 0 heterocycles. The van der Waals surface area contributed by atoms with Crippen LogP contribution in [0, 0.1) is 5.92 Å². The fourth-order valence-electron chi connectivity index (χ4n) is 3.16. The summed E-state index contributed by atoms with van der Waals surface area (Å²) in [5, 5.41) is 3.04. The number of rotatable bonds is 10. The van der Waals surface area contributed by atoms with E-state index in [9.17, 15) is 4.79 Å². The minimum Gasteiger partial charge on any atom is -0.356 e. The zero-order valence-electron chi connectivity index (χ0n) is 14.1. The van der Waals surface area contributed by atoms with Crippen molar-refractivity contribution < 1.29 is 4.79 Å². The minimum atomic E-state index is 0.194. The summed E-state index contributed by atoms with van der Waals surface area (Å²) in [6.07, 6.45) is 10.5. The molecule has 4 nitrogen and oxygen atoms in total. The first-order valence-electron chi connectivity index (χ1n) is 8.80. The summed E-state index contributed by atoms with van der Waals surface area (Å²) in [6.45, 7) is 4.78. The van der Waals surface area contributed by atoms with Crippen molar-refractivity contribution in [3.63, 3.8) is 0 Å². The van der Waals surface area contributed by atoms with Gasteiger partial charge in [-0.2, -0.15) is 0 Å². The monoisotopic (exact) mass is 297 g/mol. The molecule has 0 spiro atoms. The maximum atomic E-state index is 11.7. The third-order valence-corrected chi connectivity index (χ3v) is 4.73. The lowest BCUT2D eigenvalue weighted by Crippen LogP contribution is -2.35. The number of nitrogens with zero attached hydrogens (tertiary/aromatic N) is 1. The van der Waals surface area contributed by atoms with E-state index in [1.807, 2.05) is 0 Å². The molecule has 1 unspecified atom stereocenters. The largest absolute Gasteiger partial charge is 0.356 e. The van der Waals surface area contributed by atoms with Crippen molar-refractivity contribution in [2.75, 3.05) is 26.7 Å². The lowest BCUT2D eigenvalue weighted by Gasteiger charge is -2.31. The van der Waals surface area contributed by atoms with Gasteiger partial charge >= 0.3 is 0 Å². The molecule has 0 aromatic heterocycles. The third-order valence-electron chi connectivity index (χ3n) is 4.73. The second-order valence-corrected chi connectivity index (χ2v) is 6.70. The standard InChI is InChI=1S/C17H35N3O/c1-15(11-12-18)9-10-17(21)19-13-6-14-20(2)16-7-4-3-5-8-16/h15-16H,3-14,18H2,1-2H3,(H,19,21). The molecule has 1 amide bonds. The van der Waals surface area contributed by atoms with Crippen LogP contribution in [0.15, 0.2) is 0 Å². The minimum absolute atomic E-state index is 0.194. The van der Waals surface area contributed by atoms with E-state index in [0.29, 0.717) is 12.3 Å². The molecule has 21 heavy (non-hydrogen) atoms. The van der Waals surface area contributed by atoms with Gasteiger partial charge in [-0.15, -0.1) is 0 Å². The number of carbonyl (C=O) groups is 1. The maximum absolute atomic E-state index is 11.7. The second-order valence-electron chi connectivity index (χ2n) is 6.70. The Balaban J connectivity index is 2.01. The zero-order chi connectivity index (χ0) is 15.5. The van der Waals surface area contributed by atoms with Gasteiger partial charge < -0.3 is 16.0 Å². The highest BCUT2D eigenvalue weighted by molar-refractivity contribution is 5.75. The Bertz CT molecular complexity index is 277. The highest BCUT2D eigenvalue weighted by Crippen LogP contribution is 2.21. The van der Waals surface area contributed by atoms with Gasteiger partial charge in [0.15, 0.2) is 0 Å². The Morgan fingerprint density at radius 1 is 1.29 bits per heavy atom. The second kappa shape index (κ2) is 11.0. The number of carbonyl (C=O) groups excluding carboxylic acids is 1. The van der Waals surface area contributed by atoms with Crippen molar-refractivity contribution in [2.45, 2.75) is 70.8 Å². The van der Waals surface area contributed by atoms with E-state index in [4.69, 9.17) is 5.73 Å². The molecule has 1 aliphatic rings. The molecule has 0 bridgehead atoms. The van der Waals surface area contributed by atoms with Crippen LogP contribution in [-0.4, -0.2) is 43.5 Å². The van der Waals surface area contributed by atoms with Crippen LogP contribution in [0.3, 0.4) is 0 Å². The Hall–Kier alpha value is -0.610. The molecule has 3 N–H and O–H groups in total. The average molecular weight is 297 g/mol. The summed E-state index contributed by atoms with van der Waals surface area (Å²) in [4.78, 5) is 14.2. The molecule has 1 saturated carbocycles. The lowest BCUT2D eigenvalue weighted by molar-refractivity contribution is -0.121. The highest BCUT2D eigenvalue weighted by atomic mass is 16.1. The molecular weight excluding hydrogens is 262 g/mol. The van der Waals surface area contributed by atoms with Gasteiger partial charge in [-0.1, -0.05) is 26.2 Å². The number of amides is 1. The third kappa shape index (κ3) is 8.42. The van der Waals surface area contributed by atoms with Gasteiger partial charge in [-0.25, -0.2) is 0 Å². The number of hydrogen-bond donors (Lipinski definition) is 2. The summed E-state index contributed by atoms with van der Waals surface area (Å²) in [6, 6.07) is 0.770. The molecule has 1 rings (SSSR count). The predicted octanol–water partition coefficient (Wildman–Crippen LogP) is 2.52. The maximum Gasteiger partial charge on any atom is 0.220 e. The topological polar surface area (TPSA) is 58.4 Å². The first kappa shape index (κ1) is 18.4. The van der Waals surface area contributed by atoms with Crippen molar-refractivity contribution in [1.29, 1.82) is 0 Å².